The van der Waals surface area contributed by atoms with E-state index in [1.807, 2.05) is 0 Å². The molecule has 0 radical (unpaired) electrons. The lowest BCUT2D eigenvalue weighted by atomic mass is 9.86. The van der Waals surface area contributed by atoms with Gasteiger partial charge in [-0.2, -0.15) is 0 Å². The van der Waals surface area contributed by atoms with E-state index in [4.69, 9.17) is 18.9 Å². The van der Waals surface area contributed by atoms with Gasteiger partial charge in [0.15, 0.2) is 17.8 Å². The van der Waals surface area contributed by atoms with Crippen molar-refractivity contribution in [2.24, 2.45) is 0 Å². The number of phenols is 4. The predicted molar refractivity (Wildman–Crippen MR) is 138 cm³/mol. The van der Waals surface area contributed by atoms with Crippen LogP contribution in [0, 0.1) is 0 Å². The lowest BCUT2D eigenvalue weighted by molar-refractivity contribution is -0.342. The number of ether oxygens (including phenoxy) is 4. The van der Waals surface area contributed by atoms with Crippen molar-refractivity contribution in [2.75, 3.05) is 13.2 Å². The number of rotatable bonds is 6. The summed E-state index contributed by atoms with van der Waals surface area (Å²) in [6.07, 6.45) is -19.6. The molecule has 16 heteroatoms. The first-order valence-corrected chi connectivity index (χ1v) is 13.4. The Bertz CT molecular complexity index is 1300. The van der Waals surface area contributed by atoms with E-state index in [-0.39, 0.29) is 28.9 Å². The van der Waals surface area contributed by atoms with Gasteiger partial charge in [0.2, 0.25) is 0 Å². The first kappa shape index (κ1) is 31.4. The number of fused-ring (bicyclic) bond motifs is 1. The van der Waals surface area contributed by atoms with E-state index in [2.05, 4.69) is 0 Å². The van der Waals surface area contributed by atoms with Crippen LogP contribution in [0.5, 0.6) is 28.7 Å². The molecule has 12 N–H and O–H groups in total. The molecule has 0 unspecified atom stereocenters. The molecular weight excluding hydrogens is 580 g/mol. The average Bonchev–Trinajstić information content (AvgIpc) is 2.98. The zero-order chi connectivity index (χ0) is 31.3. The Kier molecular flexibility index (Phi) is 8.90. The van der Waals surface area contributed by atoms with E-state index in [0.717, 1.165) is 12.1 Å². The van der Waals surface area contributed by atoms with Gasteiger partial charge in [-0.1, -0.05) is 6.07 Å². The second-order valence-corrected chi connectivity index (χ2v) is 10.8. The van der Waals surface area contributed by atoms with Crippen LogP contribution in [0.25, 0.3) is 0 Å². The molecule has 0 saturated carbocycles. The molecule has 2 aromatic carbocycles. The van der Waals surface area contributed by atoms with E-state index in [1.54, 1.807) is 0 Å². The van der Waals surface area contributed by atoms with Crippen molar-refractivity contribution in [1.29, 1.82) is 0 Å². The highest BCUT2D eigenvalue weighted by Crippen LogP contribution is 2.51. The Morgan fingerprint density at radius 1 is 0.674 bits per heavy atom. The van der Waals surface area contributed by atoms with Crippen LogP contribution in [0.4, 0.5) is 0 Å². The predicted octanol–water partition coefficient (Wildman–Crippen LogP) is -3.11. The third kappa shape index (κ3) is 5.56. The molecule has 2 saturated heterocycles. The maximum atomic E-state index is 11.2. The molecule has 238 valence electrons. The maximum absolute atomic E-state index is 11.2. The van der Waals surface area contributed by atoms with Crippen LogP contribution in [0.2, 0.25) is 0 Å². The molecule has 0 amide bonds. The average molecular weight is 615 g/mol. The lowest BCUT2D eigenvalue weighted by Gasteiger charge is -2.46. The van der Waals surface area contributed by atoms with E-state index >= 15 is 0 Å². The van der Waals surface area contributed by atoms with Gasteiger partial charge in [0.05, 0.1) is 24.9 Å². The molecule has 5 rings (SSSR count). The molecule has 3 heterocycles. The standard InChI is InChI=1S/C27H34O16/c28-6-15-18(35)19(36)22(39)27(41-15)43-25-16(7-29)40-26(21(38)20(25)37)17-13(33)5-11(31)9-4-14(34)23(42-24(9)17)8-1-2-10(30)12(32)3-8/h1-3,5,14-16,18-23,25-39H,4,6-7H2/t14-,15-,16-,18-,19+,20-,21-,22-,23+,25-,26+,27-/m1/s1. The summed E-state index contributed by atoms with van der Waals surface area (Å²) in [4.78, 5) is 0. The van der Waals surface area contributed by atoms with Gasteiger partial charge in [-0.25, -0.2) is 0 Å². The van der Waals surface area contributed by atoms with E-state index in [9.17, 15) is 61.3 Å². The molecule has 2 fully saturated rings. The summed E-state index contributed by atoms with van der Waals surface area (Å²) in [5, 5.41) is 124. The van der Waals surface area contributed by atoms with Crippen molar-refractivity contribution >= 4 is 0 Å². The lowest BCUT2D eigenvalue weighted by Crippen LogP contribution is -2.63. The number of hydrogen-bond acceptors (Lipinski definition) is 16. The van der Waals surface area contributed by atoms with Gasteiger partial charge >= 0.3 is 0 Å². The Hall–Kier alpha value is -3.00. The van der Waals surface area contributed by atoms with Crippen molar-refractivity contribution in [2.45, 2.75) is 79.9 Å². The molecule has 2 aromatic rings. The third-order valence-electron chi connectivity index (χ3n) is 8.00. The summed E-state index contributed by atoms with van der Waals surface area (Å²) >= 11 is 0. The van der Waals surface area contributed by atoms with Gasteiger partial charge in [0.25, 0.3) is 0 Å². The maximum Gasteiger partial charge on any atom is 0.187 e. The number of benzene rings is 2. The van der Waals surface area contributed by atoms with Crippen LogP contribution < -0.4 is 4.74 Å². The number of aliphatic hydroxyl groups is 8. The second-order valence-electron chi connectivity index (χ2n) is 10.8. The number of hydrogen-bond donors (Lipinski definition) is 12. The van der Waals surface area contributed by atoms with Gasteiger partial charge in [-0.05, 0) is 17.7 Å². The Morgan fingerprint density at radius 3 is 2.02 bits per heavy atom. The highest BCUT2D eigenvalue weighted by molar-refractivity contribution is 5.59. The smallest absolute Gasteiger partial charge is 0.187 e. The molecule has 0 aliphatic carbocycles. The van der Waals surface area contributed by atoms with E-state index in [0.29, 0.717) is 0 Å². The van der Waals surface area contributed by atoms with E-state index < -0.39 is 110 Å². The minimum atomic E-state index is -1.91. The number of aromatic hydroxyl groups is 4. The summed E-state index contributed by atoms with van der Waals surface area (Å²) < 4.78 is 22.7. The molecule has 0 spiro atoms. The minimum absolute atomic E-state index is 0.0186. The van der Waals surface area contributed by atoms with Crippen LogP contribution >= 0.6 is 0 Å². The highest BCUT2D eigenvalue weighted by Gasteiger charge is 2.52. The van der Waals surface area contributed by atoms with Crippen LogP contribution in [0.3, 0.4) is 0 Å². The second kappa shape index (κ2) is 12.2. The Balaban J connectivity index is 1.46. The van der Waals surface area contributed by atoms with Crippen molar-refractivity contribution in [3.63, 3.8) is 0 Å². The first-order valence-electron chi connectivity index (χ1n) is 13.4. The highest BCUT2D eigenvalue weighted by atomic mass is 16.7. The van der Waals surface area contributed by atoms with Gasteiger partial charge in [-0.15, -0.1) is 0 Å². The molecule has 0 aromatic heterocycles. The summed E-state index contributed by atoms with van der Waals surface area (Å²) in [7, 11) is 0. The normalized spacial score (nSPS) is 37.9. The van der Waals surface area contributed by atoms with Crippen molar-refractivity contribution < 1.29 is 80.2 Å². The monoisotopic (exact) mass is 614 g/mol. The van der Waals surface area contributed by atoms with E-state index in [1.165, 1.54) is 12.1 Å². The summed E-state index contributed by atoms with van der Waals surface area (Å²) in [6.45, 7) is -1.59. The molecule has 16 nitrogen and oxygen atoms in total. The van der Waals surface area contributed by atoms with Crippen molar-refractivity contribution in [1.82, 2.24) is 0 Å². The van der Waals surface area contributed by atoms with Crippen LogP contribution in [0.15, 0.2) is 24.3 Å². The summed E-state index contributed by atoms with van der Waals surface area (Å²) in [5.74, 6) is -2.24. The summed E-state index contributed by atoms with van der Waals surface area (Å²) in [6, 6.07) is 4.61. The van der Waals surface area contributed by atoms with Crippen molar-refractivity contribution in [3.8, 4) is 28.7 Å². The Labute approximate surface area is 243 Å². The van der Waals surface area contributed by atoms with Gasteiger partial charge in [0, 0.05) is 18.1 Å². The zero-order valence-electron chi connectivity index (χ0n) is 22.4. The van der Waals surface area contributed by atoms with Gasteiger partial charge in [-0.3, -0.25) is 0 Å². The fourth-order valence-corrected chi connectivity index (χ4v) is 5.65. The largest absolute Gasteiger partial charge is 0.507 e. The SMILES string of the molecule is OC[C@H]1O[C@H](O[C@H]2[C@H](O)[C@@H](O)[C@H](c3c(O)cc(O)c4c3O[C@@H](c3ccc(O)c(O)c3)[C@H](O)C4)O[C@@H]2CO)[C@H](O)[C@@H](O)[C@@H]1O. The number of phenolic OH excluding ortho intramolecular Hbond substituents is 4. The minimum Gasteiger partial charge on any atom is -0.507 e. The zero-order valence-corrected chi connectivity index (χ0v) is 22.4. The molecule has 0 bridgehead atoms. The van der Waals surface area contributed by atoms with Gasteiger partial charge in [0.1, 0.15) is 78.3 Å². The van der Waals surface area contributed by atoms with Crippen LogP contribution in [0.1, 0.15) is 28.9 Å². The molecule has 3 aliphatic rings. The summed E-state index contributed by atoms with van der Waals surface area (Å²) in [5.41, 5.74) is -0.0253. The Morgan fingerprint density at radius 2 is 1.37 bits per heavy atom. The topological polar surface area (TPSA) is 280 Å². The fraction of sp³-hybridized carbons (Fsp3) is 0.556. The fourth-order valence-electron chi connectivity index (χ4n) is 5.65. The molecule has 43 heavy (non-hydrogen) atoms. The number of aliphatic hydroxyl groups excluding tert-OH is 8. The quantitative estimate of drug-likeness (QED) is 0.143. The van der Waals surface area contributed by atoms with Crippen LogP contribution in [-0.2, 0) is 20.6 Å². The molecule has 3 aliphatic heterocycles. The third-order valence-corrected chi connectivity index (χ3v) is 8.00. The first-order chi connectivity index (χ1) is 20.4. The van der Waals surface area contributed by atoms with Crippen molar-refractivity contribution in [3.05, 3.63) is 41.0 Å². The van der Waals surface area contributed by atoms with Crippen LogP contribution in [-0.4, -0.2) is 136 Å². The molecular formula is C27H34O16. The van der Waals surface area contributed by atoms with Gasteiger partial charge < -0.3 is 80.2 Å². The molecule has 12 atom stereocenters.